The van der Waals surface area contributed by atoms with Crippen LogP contribution in [-0.4, -0.2) is 43.0 Å². The predicted molar refractivity (Wildman–Crippen MR) is 123 cm³/mol. The third-order valence-corrected chi connectivity index (χ3v) is 4.95. The van der Waals surface area contributed by atoms with Gasteiger partial charge in [-0.3, -0.25) is 9.59 Å². The molecule has 0 saturated heterocycles. The van der Waals surface area contributed by atoms with Crippen molar-refractivity contribution in [3.05, 3.63) is 90.5 Å². The van der Waals surface area contributed by atoms with Gasteiger partial charge in [-0.2, -0.15) is 0 Å². The topological polar surface area (TPSA) is 58.6 Å². The molecule has 0 aliphatic heterocycles. The number of nitrogens with one attached hydrogen (secondary N) is 1. The van der Waals surface area contributed by atoms with Gasteiger partial charge in [0.15, 0.2) is 0 Å². The highest BCUT2D eigenvalue weighted by Gasteiger charge is 2.13. The van der Waals surface area contributed by atoms with Crippen molar-refractivity contribution < 1.29 is 14.3 Å². The summed E-state index contributed by atoms with van der Waals surface area (Å²) in [6.07, 6.45) is 0.715. The first-order valence-electron chi connectivity index (χ1n) is 10.5. The molecule has 2 amide bonds. The first-order valence-corrected chi connectivity index (χ1v) is 10.5. The molecule has 1 N–H and O–H groups in total. The summed E-state index contributed by atoms with van der Waals surface area (Å²) in [4.78, 5) is 25.8. The molecule has 0 saturated carbocycles. The van der Waals surface area contributed by atoms with Crippen LogP contribution in [0, 0.1) is 0 Å². The van der Waals surface area contributed by atoms with E-state index < -0.39 is 0 Å². The second-order valence-corrected chi connectivity index (χ2v) is 7.24. The first-order chi connectivity index (χ1) is 15.1. The number of carbonyl (C=O) groups excluding carboxylic acids is 2. The van der Waals surface area contributed by atoms with Crippen LogP contribution < -0.4 is 10.1 Å². The lowest BCUT2D eigenvalue weighted by atomic mass is 10.1. The normalized spacial score (nSPS) is 10.4. The number of hydrogen-bond acceptors (Lipinski definition) is 3. The molecule has 5 heteroatoms. The van der Waals surface area contributed by atoms with Gasteiger partial charge < -0.3 is 15.0 Å². The highest BCUT2D eigenvalue weighted by atomic mass is 16.5. The van der Waals surface area contributed by atoms with Gasteiger partial charge in [-0.05, 0) is 23.6 Å². The number of rotatable bonds is 10. The van der Waals surface area contributed by atoms with E-state index in [1.807, 2.05) is 84.9 Å². The van der Waals surface area contributed by atoms with E-state index in [1.165, 1.54) is 6.92 Å². The van der Waals surface area contributed by atoms with Crippen LogP contribution in [0.2, 0.25) is 0 Å². The Balaban J connectivity index is 1.45. The Kier molecular flexibility index (Phi) is 8.23. The zero-order valence-electron chi connectivity index (χ0n) is 17.8. The molecule has 0 spiro atoms. The van der Waals surface area contributed by atoms with Crippen LogP contribution in [0.1, 0.15) is 12.5 Å². The standard InChI is InChI=1S/C26H28N2O3/c1-21(29)28(18-16-22-10-4-2-5-11-22)20-26(30)27-17-19-31-25-15-9-8-14-24(25)23-12-6-3-7-13-23/h2-15H,16-20H2,1H3,(H,27,30). The van der Waals surface area contributed by atoms with Crippen molar-refractivity contribution >= 4 is 11.8 Å². The largest absolute Gasteiger partial charge is 0.491 e. The molecule has 0 heterocycles. The molecule has 0 bridgehead atoms. The van der Waals surface area contributed by atoms with Gasteiger partial charge in [0.1, 0.15) is 12.4 Å². The fourth-order valence-corrected chi connectivity index (χ4v) is 3.29. The van der Waals surface area contributed by atoms with Gasteiger partial charge in [-0.15, -0.1) is 0 Å². The van der Waals surface area contributed by atoms with E-state index in [1.54, 1.807) is 4.90 Å². The molecule has 0 aromatic heterocycles. The number of ether oxygens (including phenoxy) is 1. The maximum absolute atomic E-state index is 12.3. The van der Waals surface area contributed by atoms with Gasteiger partial charge in [-0.25, -0.2) is 0 Å². The monoisotopic (exact) mass is 416 g/mol. The Hall–Kier alpha value is -3.60. The molecular weight excluding hydrogens is 388 g/mol. The minimum atomic E-state index is -0.191. The van der Waals surface area contributed by atoms with Crippen LogP contribution >= 0.6 is 0 Å². The zero-order chi connectivity index (χ0) is 21.9. The fraction of sp³-hybridized carbons (Fsp3) is 0.231. The van der Waals surface area contributed by atoms with Crippen molar-refractivity contribution in [1.29, 1.82) is 0 Å². The van der Waals surface area contributed by atoms with Crippen LogP contribution in [0.3, 0.4) is 0 Å². The van der Waals surface area contributed by atoms with Gasteiger partial charge >= 0.3 is 0 Å². The fourth-order valence-electron chi connectivity index (χ4n) is 3.29. The van der Waals surface area contributed by atoms with Crippen molar-refractivity contribution in [2.75, 3.05) is 26.2 Å². The number of carbonyl (C=O) groups is 2. The first kappa shape index (κ1) is 22.1. The molecular formula is C26H28N2O3. The average molecular weight is 417 g/mol. The smallest absolute Gasteiger partial charge is 0.239 e. The second-order valence-electron chi connectivity index (χ2n) is 7.24. The van der Waals surface area contributed by atoms with E-state index in [9.17, 15) is 9.59 Å². The quantitative estimate of drug-likeness (QED) is 0.509. The molecule has 0 unspecified atom stereocenters. The van der Waals surface area contributed by atoms with Gasteiger partial charge in [0.05, 0.1) is 13.1 Å². The van der Waals surface area contributed by atoms with Gasteiger partial charge in [0.25, 0.3) is 0 Å². The van der Waals surface area contributed by atoms with Gasteiger partial charge in [0, 0.05) is 19.0 Å². The molecule has 5 nitrogen and oxygen atoms in total. The Morgan fingerprint density at radius 2 is 1.52 bits per heavy atom. The molecule has 160 valence electrons. The maximum atomic E-state index is 12.3. The molecule has 3 aromatic rings. The summed E-state index contributed by atoms with van der Waals surface area (Å²) in [7, 11) is 0. The lowest BCUT2D eigenvalue weighted by Crippen LogP contribution is -2.41. The Labute approximate surface area is 183 Å². The molecule has 0 aliphatic carbocycles. The number of hydrogen-bond donors (Lipinski definition) is 1. The number of nitrogens with zero attached hydrogens (tertiary/aromatic N) is 1. The SMILES string of the molecule is CC(=O)N(CCc1ccccc1)CC(=O)NCCOc1ccccc1-c1ccccc1. The molecule has 3 aromatic carbocycles. The van der Waals surface area contributed by atoms with E-state index in [2.05, 4.69) is 5.32 Å². The van der Waals surface area contributed by atoms with Crippen LogP contribution in [0.4, 0.5) is 0 Å². The number of amides is 2. The minimum absolute atomic E-state index is 0.0444. The van der Waals surface area contributed by atoms with Crippen molar-refractivity contribution in [3.8, 4) is 16.9 Å². The van der Waals surface area contributed by atoms with Gasteiger partial charge in [0.2, 0.25) is 11.8 Å². The average Bonchev–Trinajstić information content (AvgIpc) is 2.81. The summed E-state index contributed by atoms with van der Waals surface area (Å²) in [5, 5.41) is 2.84. The van der Waals surface area contributed by atoms with Crippen molar-refractivity contribution in [3.63, 3.8) is 0 Å². The number of para-hydroxylation sites is 1. The van der Waals surface area contributed by atoms with Gasteiger partial charge in [-0.1, -0.05) is 78.9 Å². The summed E-state index contributed by atoms with van der Waals surface area (Å²) in [6.45, 7) is 2.75. The van der Waals surface area contributed by atoms with Crippen LogP contribution in [0.25, 0.3) is 11.1 Å². The highest BCUT2D eigenvalue weighted by Crippen LogP contribution is 2.29. The Morgan fingerprint density at radius 1 is 0.871 bits per heavy atom. The molecule has 0 fully saturated rings. The zero-order valence-corrected chi connectivity index (χ0v) is 17.8. The molecule has 3 rings (SSSR count). The van der Waals surface area contributed by atoms with Crippen LogP contribution in [-0.2, 0) is 16.0 Å². The maximum Gasteiger partial charge on any atom is 0.239 e. The lowest BCUT2D eigenvalue weighted by Gasteiger charge is -2.20. The Bertz CT molecular complexity index is 974. The van der Waals surface area contributed by atoms with Crippen LogP contribution in [0.15, 0.2) is 84.9 Å². The molecule has 0 aliphatic rings. The second kappa shape index (κ2) is 11.6. The van der Waals surface area contributed by atoms with E-state index in [0.29, 0.717) is 26.1 Å². The molecule has 0 atom stereocenters. The summed E-state index contributed by atoms with van der Waals surface area (Å²) in [6, 6.07) is 27.8. The third kappa shape index (κ3) is 7.00. The van der Waals surface area contributed by atoms with E-state index in [0.717, 1.165) is 22.4 Å². The lowest BCUT2D eigenvalue weighted by molar-refractivity contribution is -0.134. The van der Waals surface area contributed by atoms with Crippen molar-refractivity contribution in [2.45, 2.75) is 13.3 Å². The van der Waals surface area contributed by atoms with Crippen molar-refractivity contribution in [2.24, 2.45) is 0 Å². The third-order valence-electron chi connectivity index (χ3n) is 4.95. The number of benzene rings is 3. The summed E-state index contributed by atoms with van der Waals surface area (Å²) < 4.78 is 5.90. The van der Waals surface area contributed by atoms with Crippen molar-refractivity contribution in [1.82, 2.24) is 10.2 Å². The van der Waals surface area contributed by atoms with E-state index >= 15 is 0 Å². The Morgan fingerprint density at radius 3 is 2.23 bits per heavy atom. The van der Waals surface area contributed by atoms with E-state index in [4.69, 9.17) is 4.74 Å². The van der Waals surface area contributed by atoms with Crippen LogP contribution in [0.5, 0.6) is 5.75 Å². The summed E-state index contributed by atoms with van der Waals surface area (Å²) in [5.74, 6) is 0.471. The predicted octanol–water partition coefficient (Wildman–Crippen LogP) is 3.94. The summed E-state index contributed by atoms with van der Waals surface area (Å²) in [5.41, 5.74) is 3.23. The van der Waals surface area contributed by atoms with E-state index in [-0.39, 0.29) is 18.4 Å². The summed E-state index contributed by atoms with van der Waals surface area (Å²) >= 11 is 0. The molecule has 31 heavy (non-hydrogen) atoms. The minimum Gasteiger partial charge on any atom is -0.491 e. The molecule has 0 radical (unpaired) electrons. The highest BCUT2D eigenvalue weighted by molar-refractivity contribution is 5.83.